The Morgan fingerprint density at radius 2 is 1.94 bits per heavy atom. The zero-order chi connectivity index (χ0) is 14.1. The molecule has 0 saturated carbocycles. The number of carbonyl (C=O) groups is 1. The summed E-state index contributed by atoms with van der Waals surface area (Å²) in [6.45, 7) is 6.08. The summed E-state index contributed by atoms with van der Waals surface area (Å²) in [6.07, 6.45) is 0.520. The van der Waals surface area contributed by atoms with E-state index in [4.69, 9.17) is 4.18 Å². The lowest BCUT2D eigenvalue weighted by Crippen LogP contribution is -2.57. The van der Waals surface area contributed by atoms with Crippen LogP contribution in [0.2, 0.25) is 0 Å². The summed E-state index contributed by atoms with van der Waals surface area (Å²) >= 11 is 0. The third kappa shape index (κ3) is 3.84. The molecule has 106 valence electrons. The van der Waals surface area contributed by atoms with E-state index in [1.54, 1.807) is 0 Å². The van der Waals surface area contributed by atoms with E-state index in [2.05, 4.69) is 0 Å². The molecule has 0 radical (unpaired) electrons. The average molecular weight is 279 g/mol. The van der Waals surface area contributed by atoms with Crippen molar-refractivity contribution >= 4 is 16.2 Å². The smallest absolute Gasteiger partial charge is 0.407 e. The number of amides is 1. The number of carboxylic acid groups (broad SMARTS) is 1. The first-order chi connectivity index (χ1) is 8.02. The highest BCUT2D eigenvalue weighted by Crippen LogP contribution is 2.34. The van der Waals surface area contributed by atoms with Crippen LogP contribution in [0, 0.1) is 5.41 Å². The summed E-state index contributed by atoms with van der Waals surface area (Å²) < 4.78 is 27.6. The summed E-state index contributed by atoms with van der Waals surface area (Å²) in [5.74, 6) is 0. The van der Waals surface area contributed by atoms with Gasteiger partial charge in [-0.1, -0.05) is 20.8 Å². The maximum Gasteiger partial charge on any atom is 0.407 e. The molecule has 0 aliphatic carbocycles. The second kappa shape index (κ2) is 5.05. The molecule has 1 unspecified atom stereocenters. The Balaban J connectivity index is 3.04. The van der Waals surface area contributed by atoms with Gasteiger partial charge < -0.3 is 10.0 Å². The van der Waals surface area contributed by atoms with Gasteiger partial charge in [0.2, 0.25) is 0 Å². The van der Waals surface area contributed by atoms with E-state index < -0.39 is 28.4 Å². The van der Waals surface area contributed by atoms with Crippen LogP contribution in [0.5, 0.6) is 0 Å². The van der Waals surface area contributed by atoms with E-state index in [1.807, 2.05) is 20.8 Å². The van der Waals surface area contributed by atoms with Gasteiger partial charge in [-0.25, -0.2) is 4.79 Å². The number of rotatable bonds is 2. The zero-order valence-electron chi connectivity index (χ0n) is 11.2. The molecular formula is C11H21NO5S. The number of likely N-dealkylation sites (tertiary alicyclic amines) is 1. The average Bonchev–Trinajstić information content (AvgIpc) is 2.12. The van der Waals surface area contributed by atoms with Crippen LogP contribution in [0.4, 0.5) is 4.79 Å². The normalized spacial score (nSPS) is 26.1. The maximum atomic E-state index is 11.3. The predicted molar refractivity (Wildman–Crippen MR) is 66.9 cm³/mol. The molecule has 1 heterocycles. The fourth-order valence-electron chi connectivity index (χ4n) is 2.53. The van der Waals surface area contributed by atoms with Crippen LogP contribution in [-0.4, -0.2) is 49.5 Å². The van der Waals surface area contributed by atoms with Gasteiger partial charge in [-0.05, 0) is 18.3 Å². The molecule has 1 fully saturated rings. The summed E-state index contributed by atoms with van der Waals surface area (Å²) in [5, 5.41) is 9.21. The number of hydrogen-bond donors (Lipinski definition) is 1. The van der Waals surface area contributed by atoms with Crippen LogP contribution < -0.4 is 0 Å². The molecule has 7 heteroatoms. The Labute approximate surface area is 108 Å². The van der Waals surface area contributed by atoms with Gasteiger partial charge in [0.15, 0.2) is 0 Å². The molecule has 2 atom stereocenters. The number of hydrogen-bond acceptors (Lipinski definition) is 4. The van der Waals surface area contributed by atoms with Gasteiger partial charge in [0, 0.05) is 6.54 Å². The fourth-order valence-corrected chi connectivity index (χ4v) is 3.18. The number of piperidine rings is 1. The number of nitrogens with zero attached hydrogens (tertiary/aromatic N) is 1. The first-order valence-electron chi connectivity index (χ1n) is 5.90. The van der Waals surface area contributed by atoms with Crippen molar-refractivity contribution in [2.24, 2.45) is 5.41 Å². The maximum absolute atomic E-state index is 11.3. The molecule has 18 heavy (non-hydrogen) atoms. The van der Waals surface area contributed by atoms with E-state index in [0.717, 1.165) is 6.26 Å². The molecule has 1 saturated heterocycles. The van der Waals surface area contributed by atoms with E-state index in [1.165, 1.54) is 4.90 Å². The minimum Gasteiger partial charge on any atom is -0.465 e. The highest BCUT2D eigenvalue weighted by atomic mass is 32.2. The lowest BCUT2D eigenvalue weighted by Gasteiger charge is -2.45. The van der Waals surface area contributed by atoms with Crippen LogP contribution in [0.1, 0.15) is 33.6 Å². The Hall–Kier alpha value is -0.820. The highest BCUT2D eigenvalue weighted by Gasteiger charge is 2.43. The quantitative estimate of drug-likeness (QED) is 0.775. The van der Waals surface area contributed by atoms with Gasteiger partial charge in [0.25, 0.3) is 10.1 Å². The van der Waals surface area contributed by atoms with Crippen molar-refractivity contribution in [2.45, 2.75) is 45.8 Å². The molecule has 0 bridgehead atoms. The molecule has 0 spiro atoms. The van der Waals surface area contributed by atoms with Gasteiger partial charge in [-0.2, -0.15) is 8.42 Å². The fraction of sp³-hybridized carbons (Fsp3) is 0.909. The van der Waals surface area contributed by atoms with Crippen molar-refractivity contribution in [3.8, 4) is 0 Å². The van der Waals surface area contributed by atoms with Gasteiger partial charge in [0.1, 0.15) is 0 Å². The second-order valence-corrected chi connectivity index (χ2v) is 7.37. The van der Waals surface area contributed by atoms with Gasteiger partial charge in [0.05, 0.1) is 18.4 Å². The van der Waals surface area contributed by atoms with Crippen molar-refractivity contribution < 1.29 is 22.5 Å². The van der Waals surface area contributed by atoms with Crippen molar-refractivity contribution in [1.82, 2.24) is 4.90 Å². The van der Waals surface area contributed by atoms with Crippen LogP contribution in [0.25, 0.3) is 0 Å². The molecular weight excluding hydrogens is 258 g/mol. The first kappa shape index (κ1) is 15.2. The van der Waals surface area contributed by atoms with Crippen molar-refractivity contribution in [1.29, 1.82) is 0 Å². The van der Waals surface area contributed by atoms with Crippen LogP contribution >= 0.6 is 0 Å². The first-order valence-corrected chi connectivity index (χ1v) is 7.72. The lowest BCUT2D eigenvalue weighted by atomic mass is 9.79. The summed E-state index contributed by atoms with van der Waals surface area (Å²) in [4.78, 5) is 12.5. The van der Waals surface area contributed by atoms with E-state index in [9.17, 15) is 18.3 Å². The third-order valence-corrected chi connectivity index (χ3v) is 3.60. The lowest BCUT2D eigenvalue weighted by molar-refractivity contribution is -0.0154. The van der Waals surface area contributed by atoms with Crippen molar-refractivity contribution in [2.75, 3.05) is 12.8 Å². The summed E-state index contributed by atoms with van der Waals surface area (Å²) in [7, 11) is -3.59. The zero-order valence-corrected chi connectivity index (χ0v) is 12.0. The summed E-state index contributed by atoms with van der Waals surface area (Å²) in [5.41, 5.74) is -0.381. The van der Waals surface area contributed by atoms with Gasteiger partial charge in [-0.3, -0.25) is 4.18 Å². The van der Waals surface area contributed by atoms with E-state index in [0.29, 0.717) is 19.4 Å². The topological polar surface area (TPSA) is 83.9 Å². The largest absolute Gasteiger partial charge is 0.465 e. The Morgan fingerprint density at radius 1 is 1.39 bits per heavy atom. The third-order valence-electron chi connectivity index (χ3n) is 3.01. The highest BCUT2D eigenvalue weighted by molar-refractivity contribution is 7.86. The minimum absolute atomic E-state index is 0.381. The SMILES string of the molecule is CC(C)(C)[C@H]1C(OS(C)(=O)=O)CCCN1C(=O)O. The Kier molecular flexibility index (Phi) is 4.27. The van der Waals surface area contributed by atoms with Gasteiger partial charge >= 0.3 is 6.09 Å². The van der Waals surface area contributed by atoms with Crippen LogP contribution in [-0.2, 0) is 14.3 Å². The van der Waals surface area contributed by atoms with Crippen molar-refractivity contribution in [3.05, 3.63) is 0 Å². The summed E-state index contributed by atoms with van der Waals surface area (Å²) in [6, 6.07) is -0.460. The Morgan fingerprint density at radius 3 is 2.33 bits per heavy atom. The monoisotopic (exact) mass is 279 g/mol. The minimum atomic E-state index is -3.59. The molecule has 0 aromatic heterocycles. The van der Waals surface area contributed by atoms with Crippen molar-refractivity contribution in [3.63, 3.8) is 0 Å². The van der Waals surface area contributed by atoms with Crippen LogP contribution in [0.15, 0.2) is 0 Å². The van der Waals surface area contributed by atoms with Crippen LogP contribution in [0.3, 0.4) is 0 Å². The molecule has 1 amide bonds. The molecule has 1 aliphatic rings. The van der Waals surface area contributed by atoms with E-state index in [-0.39, 0.29) is 5.41 Å². The standard InChI is InChI=1S/C11H21NO5S/c1-11(2,3)9-8(17-18(4,15)16)6-5-7-12(9)10(13)14/h8-9H,5-7H2,1-4H3,(H,13,14)/t8?,9-/m1/s1. The molecule has 1 N–H and O–H groups in total. The molecule has 0 aromatic rings. The van der Waals surface area contributed by atoms with E-state index >= 15 is 0 Å². The second-order valence-electron chi connectivity index (χ2n) is 5.77. The molecule has 1 rings (SSSR count). The molecule has 1 aliphatic heterocycles. The van der Waals surface area contributed by atoms with Gasteiger partial charge in [-0.15, -0.1) is 0 Å². The molecule has 6 nitrogen and oxygen atoms in total. The molecule has 0 aromatic carbocycles. The predicted octanol–water partition coefficient (Wildman–Crippen LogP) is 1.52. The Bertz CT molecular complexity index is 412.